The zero-order chi connectivity index (χ0) is 9.10. The van der Waals surface area contributed by atoms with Gasteiger partial charge in [-0.3, -0.25) is 0 Å². The van der Waals surface area contributed by atoms with Crippen LogP contribution in [-0.2, 0) is 0 Å². The highest BCUT2D eigenvalue weighted by molar-refractivity contribution is 5.44. The molecule has 2 aliphatic rings. The third-order valence-electron chi connectivity index (χ3n) is 3.12. The third-order valence-corrected chi connectivity index (χ3v) is 3.12. The molecule has 1 atom stereocenters. The summed E-state index contributed by atoms with van der Waals surface area (Å²) in [6.07, 6.45) is 15.8. The van der Waals surface area contributed by atoms with E-state index in [9.17, 15) is 0 Å². The van der Waals surface area contributed by atoms with Crippen molar-refractivity contribution in [3.05, 3.63) is 35.5 Å². The van der Waals surface area contributed by atoms with Crippen LogP contribution in [0.5, 0.6) is 0 Å². The van der Waals surface area contributed by atoms with Crippen LogP contribution in [0.1, 0.15) is 39.0 Å². The maximum atomic E-state index is 2.44. The van der Waals surface area contributed by atoms with Gasteiger partial charge in [0.1, 0.15) is 0 Å². The number of rotatable bonds is 3. The van der Waals surface area contributed by atoms with E-state index in [2.05, 4.69) is 31.2 Å². The second kappa shape index (κ2) is 3.95. The van der Waals surface area contributed by atoms with Crippen molar-refractivity contribution in [2.75, 3.05) is 0 Å². The molecule has 0 amide bonds. The molecule has 0 radical (unpaired) electrons. The van der Waals surface area contributed by atoms with Gasteiger partial charge in [-0.05, 0) is 36.3 Å². The molecule has 0 aromatic carbocycles. The Labute approximate surface area is 81.0 Å². The Hall–Kier alpha value is -0.780. The molecule has 2 rings (SSSR count). The molecule has 70 valence electrons. The molecule has 0 saturated carbocycles. The average molecular weight is 174 g/mol. The van der Waals surface area contributed by atoms with Crippen LogP contribution in [0.25, 0.3) is 0 Å². The number of unbranched alkanes of at least 4 members (excludes halogenated alkanes) is 1. The van der Waals surface area contributed by atoms with E-state index >= 15 is 0 Å². The van der Waals surface area contributed by atoms with E-state index in [1.54, 1.807) is 11.1 Å². The summed E-state index contributed by atoms with van der Waals surface area (Å²) in [4.78, 5) is 0. The van der Waals surface area contributed by atoms with Crippen molar-refractivity contribution in [1.82, 2.24) is 0 Å². The zero-order valence-corrected chi connectivity index (χ0v) is 8.42. The maximum absolute atomic E-state index is 2.44. The molecule has 2 aliphatic carbocycles. The summed E-state index contributed by atoms with van der Waals surface area (Å²) in [7, 11) is 0. The minimum absolute atomic E-state index is 0.847. The summed E-state index contributed by atoms with van der Waals surface area (Å²) in [5, 5.41) is 0. The van der Waals surface area contributed by atoms with E-state index in [1.165, 1.54) is 32.1 Å². The smallest absolute Gasteiger partial charge is 0.00946 e. The van der Waals surface area contributed by atoms with E-state index in [0.29, 0.717) is 0 Å². The molecule has 13 heavy (non-hydrogen) atoms. The van der Waals surface area contributed by atoms with Gasteiger partial charge in [-0.15, -0.1) is 0 Å². The Balaban J connectivity index is 2.02. The minimum Gasteiger partial charge on any atom is -0.0801 e. The maximum Gasteiger partial charge on any atom is -0.00946 e. The van der Waals surface area contributed by atoms with Gasteiger partial charge < -0.3 is 0 Å². The van der Waals surface area contributed by atoms with Gasteiger partial charge >= 0.3 is 0 Å². The summed E-state index contributed by atoms with van der Waals surface area (Å²) in [6, 6.07) is 0. The van der Waals surface area contributed by atoms with Crippen LogP contribution in [0, 0.1) is 5.92 Å². The zero-order valence-electron chi connectivity index (χ0n) is 8.42. The summed E-state index contributed by atoms with van der Waals surface area (Å²) in [5.74, 6) is 0.847. The SMILES string of the molecule is CCCCC1CC=C2CC=CC=C21. The first-order valence-electron chi connectivity index (χ1n) is 5.48. The van der Waals surface area contributed by atoms with E-state index in [1.807, 2.05) is 0 Å². The highest BCUT2D eigenvalue weighted by Crippen LogP contribution is 2.38. The molecule has 0 fully saturated rings. The molecular weight excluding hydrogens is 156 g/mol. The lowest BCUT2D eigenvalue weighted by molar-refractivity contribution is 0.555. The number of hydrogen-bond acceptors (Lipinski definition) is 0. The van der Waals surface area contributed by atoms with Crippen LogP contribution in [0.3, 0.4) is 0 Å². The fourth-order valence-corrected chi connectivity index (χ4v) is 2.33. The number of allylic oxidation sites excluding steroid dienone is 6. The van der Waals surface area contributed by atoms with Crippen molar-refractivity contribution in [3.63, 3.8) is 0 Å². The molecule has 0 heterocycles. The van der Waals surface area contributed by atoms with Crippen molar-refractivity contribution < 1.29 is 0 Å². The van der Waals surface area contributed by atoms with Gasteiger partial charge in [0.05, 0.1) is 0 Å². The van der Waals surface area contributed by atoms with Gasteiger partial charge in [0.25, 0.3) is 0 Å². The highest BCUT2D eigenvalue weighted by Gasteiger charge is 2.22. The first-order chi connectivity index (χ1) is 6.42. The van der Waals surface area contributed by atoms with Crippen LogP contribution >= 0.6 is 0 Å². The number of fused-ring (bicyclic) bond motifs is 1. The van der Waals surface area contributed by atoms with Gasteiger partial charge in [-0.2, -0.15) is 0 Å². The predicted molar refractivity (Wildman–Crippen MR) is 57.6 cm³/mol. The number of hydrogen-bond donors (Lipinski definition) is 0. The Bertz CT molecular complexity index is 266. The van der Waals surface area contributed by atoms with Crippen LogP contribution in [0.4, 0.5) is 0 Å². The highest BCUT2D eigenvalue weighted by atomic mass is 14.3. The first-order valence-corrected chi connectivity index (χ1v) is 5.48. The van der Waals surface area contributed by atoms with Crippen molar-refractivity contribution in [3.8, 4) is 0 Å². The van der Waals surface area contributed by atoms with Gasteiger partial charge in [0.15, 0.2) is 0 Å². The van der Waals surface area contributed by atoms with Crippen molar-refractivity contribution >= 4 is 0 Å². The third kappa shape index (κ3) is 1.77. The molecule has 0 spiro atoms. The van der Waals surface area contributed by atoms with Gasteiger partial charge in [0.2, 0.25) is 0 Å². The Morgan fingerprint density at radius 2 is 2.38 bits per heavy atom. The molecule has 0 nitrogen and oxygen atoms in total. The van der Waals surface area contributed by atoms with Crippen LogP contribution in [0.2, 0.25) is 0 Å². The largest absolute Gasteiger partial charge is 0.0801 e. The van der Waals surface area contributed by atoms with E-state index < -0.39 is 0 Å². The Morgan fingerprint density at radius 3 is 3.23 bits per heavy atom. The molecule has 0 aliphatic heterocycles. The molecule has 0 aromatic rings. The molecule has 0 saturated heterocycles. The summed E-state index contributed by atoms with van der Waals surface area (Å²) in [5.41, 5.74) is 3.24. The molecule has 1 unspecified atom stereocenters. The fourth-order valence-electron chi connectivity index (χ4n) is 2.33. The summed E-state index contributed by atoms with van der Waals surface area (Å²) in [6.45, 7) is 2.28. The van der Waals surface area contributed by atoms with Gasteiger partial charge in [0, 0.05) is 0 Å². The molecule has 0 N–H and O–H groups in total. The van der Waals surface area contributed by atoms with E-state index in [0.717, 1.165) is 5.92 Å². The standard InChI is InChI=1S/C13H18/c1-2-3-6-11-9-10-12-7-4-5-8-13(11)12/h4-5,8,10-11H,2-3,6-7,9H2,1H3. The Kier molecular flexibility index (Phi) is 2.68. The van der Waals surface area contributed by atoms with E-state index in [-0.39, 0.29) is 0 Å². The molecule has 0 bridgehead atoms. The molecular formula is C13H18. The van der Waals surface area contributed by atoms with Gasteiger partial charge in [-0.25, -0.2) is 0 Å². The van der Waals surface area contributed by atoms with Crippen molar-refractivity contribution in [1.29, 1.82) is 0 Å². The van der Waals surface area contributed by atoms with Crippen LogP contribution in [-0.4, -0.2) is 0 Å². The molecule has 0 heteroatoms. The second-order valence-electron chi connectivity index (χ2n) is 4.06. The van der Waals surface area contributed by atoms with Gasteiger partial charge in [-0.1, -0.05) is 44.1 Å². The minimum atomic E-state index is 0.847. The Morgan fingerprint density at radius 1 is 1.46 bits per heavy atom. The monoisotopic (exact) mass is 174 g/mol. The topological polar surface area (TPSA) is 0 Å². The first kappa shape index (κ1) is 8.80. The van der Waals surface area contributed by atoms with Crippen LogP contribution < -0.4 is 0 Å². The van der Waals surface area contributed by atoms with E-state index in [4.69, 9.17) is 0 Å². The fraction of sp³-hybridized carbons (Fsp3) is 0.538. The summed E-state index contributed by atoms with van der Waals surface area (Å²) < 4.78 is 0. The van der Waals surface area contributed by atoms with Crippen LogP contribution in [0.15, 0.2) is 35.5 Å². The lowest BCUT2D eigenvalue weighted by Gasteiger charge is -2.15. The molecule has 0 aromatic heterocycles. The lowest BCUT2D eigenvalue weighted by Crippen LogP contribution is -2.00. The van der Waals surface area contributed by atoms with Crippen molar-refractivity contribution in [2.24, 2.45) is 5.92 Å². The second-order valence-corrected chi connectivity index (χ2v) is 4.06. The quantitative estimate of drug-likeness (QED) is 0.606. The summed E-state index contributed by atoms with van der Waals surface area (Å²) >= 11 is 0. The normalized spacial score (nSPS) is 25.5. The lowest BCUT2D eigenvalue weighted by atomic mass is 9.90. The predicted octanol–water partition coefficient (Wildman–Crippen LogP) is 4.01. The average Bonchev–Trinajstić information content (AvgIpc) is 2.58. The van der Waals surface area contributed by atoms with Crippen molar-refractivity contribution in [2.45, 2.75) is 39.0 Å².